The van der Waals surface area contributed by atoms with Gasteiger partial charge in [0.1, 0.15) is 0 Å². The molecular weight excluding hydrogens is 408 g/mol. The predicted molar refractivity (Wildman–Crippen MR) is 103 cm³/mol. The number of nitrogens with zero attached hydrogens (tertiary/aromatic N) is 1. The topological polar surface area (TPSA) is 59.6 Å². The zero-order chi connectivity index (χ0) is 16.1. The van der Waals surface area contributed by atoms with Crippen LogP contribution in [0.1, 0.15) is 16.7 Å². The molecule has 0 amide bonds. The number of rotatable bonds is 4. The maximum atomic E-state index is 13.6. The number of guanidine groups is 1. The zero-order valence-corrected chi connectivity index (χ0v) is 15.7. The molecular formula is C17H21FIN3O. The molecule has 0 aliphatic carbocycles. The summed E-state index contributed by atoms with van der Waals surface area (Å²) in [5.41, 5.74) is 9.85. The van der Waals surface area contributed by atoms with Crippen molar-refractivity contribution in [3.05, 3.63) is 58.9 Å². The van der Waals surface area contributed by atoms with Gasteiger partial charge in [-0.05, 0) is 54.8 Å². The van der Waals surface area contributed by atoms with Gasteiger partial charge in [-0.25, -0.2) is 9.38 Å². The maximum absolute atomic E-state index is 13.6. The van der Waals surface area contributed by atoms with Gasteiger partial charge in [0.2, 0.25) is 0 Å². The number of benzene rings is 2. The lowest BCUT2D eigenvalue weighted by atomic mass is 10.1. The summed E-state index contributed by atoms with van der Waals surface area (Å²) in [6.45, 7) is 4.38. The van der Waals surface area contributed by atoms with E-state index in [1.165, 1.54) is 24.3 Å². The van der Waals surface area contributed by atoms with Crippen molar-refractivity contribution in [3.8, 4) is 5.75 Å². The molecule has 0 aliphatic rings. The van der Waals surface area contributed by atoms with Crippen LogP contribution < -0.4 is 15.8 Å². The smallest absolute Gasteiger partial charge is 0.193 e. The summed E-state index contributed by atoms with van der Waals surface area (Å²) in [7, 11) is 1.43. The third-order valence-electron chi connectivity index (χ3n) is 3.43. The lowest BCUT2D eigenvalue weighted by molar-refractivity contribution is 0.386. The van der Waals surface area contributed by atoms with Crippen molar-refractivity contribution in [2.45, 2.75) is 20.4 Å². The zero-order valence-electron chi connectivity index (χ0n) is 13.4. The first kappa shape index (κ1) is 19.2. The second kappa shape index (κ2) is 8.71. The summed E-state index contributed by atoms with van der Waals surface area (Å²) >= 11 is 0. The van der Waals surface area contributed by atoms with Gasteiger partial charge in [-0.15, -0.1) is 24.0 Å². The van der Waals surface area contributed by atoms with E-state index in [4.69, 9.17) is 10.5 Å². The molecule has 0 heterocycles. The molecule has 2 aromatic rings. The van der Waals surface area contributed by atoms with Crippen molar-refractivity contribution in [2.75, 3.05) is 12.4 Å². The molecule has 0 bridgehead atoms. The highest BCUT2D eigenvalue weighted by atomic mass is 127. The van der Waals surface area contributed by atoms with Crippen LogP contribution in [0.4, 0.5) is 10.1 Å². The molecule has 6 heteroatoms. The van der Waals surface area contributed by atoms with Crippen molar-refractivity contribution >= 4 is 35.6 Å². The summed E-state index contributed by atoms with van der Waals surface area (Å²) in [4.78, 5) is 4.21. The highest BCUT2D eigenvalue weighted by molar-refractivity contribution is 14.0. The van der Waals surface area contributed by atoms with Gasteiger partial charge in [0, 0.05) is 5.69 Å². The van der Waals surface area contributed by atoms with Gasteiger partial charge in [0.25, 0.3) is 0 Å². The van der Waals surface area contributed by atoms with Crippen LogP contribution in [0.3, 0.4) is 0 Å². The molecule has 2 aromatic carbocycles. The van der Waals surface area contributed by atoms with Crippen molar-refractivity contribution in [1.29, 1.82) is 0 Å². The Morgan fingerprint density at radius 2 is 1.91 bits per heavy atom. The summed E-state index contributed by atoms with van der Waals surface area (Å²) in [6.07, 6.45) is 0. The van der Waals surface area contributed by atoms with Gasteiger partial charge in [-0.1, -0.05) is 12.1 Å². The molecule has 0 radical (unpaired) electrons. The molecule has 0 aliphatic heterocycles. The van der Waals surface area contributed by atoms with Crippen molar-refractivity contribution < 1.29 is 9.13 Å². The fourth-order valence-electron chi connectivity index (χ4n) is 1.99. The van der Waals surface area contributed by atoms with Gasteiger partial charge in [-0.2, -0.15) is 0 Å². The van der Waals surface area contributed by atoms with Gasteiger partial charge in [-0.3, -0.25) is 0 Å². The summed E-state index contributed by atoms with van der Waals surface area (Å²) in [6, 6.07) is 10.7. The number of anilines is 1. The van der Waals surface area contributed by atoms with E-state index >= 15 is 0 Å². The van der Waals surface area contributed by atoms with Crippen molar-refractivity contribution in [1.82, 2.24) is 0 Å². The number of methoxy groups -OCH3 is 1. The normalized spacial score (nSPS) is 10.9. The average molecular weight is 429 g/mol. The Bertz CT molecular complexity index is 704. The molecule has 23 heavy (non-hydrogen) atoms. The summed E-state index contributed by atoms with van der Waals surface area (Å²) < 4.78 is 18.5. The fourth-order valence-corrected chi connectivity index (χ4v) is 1.99. The Morgan fingerprint density at radius 1 is 1.17 bits per heavy atom. The van der Waals surface area contributed by atoms with E-state index < -0.39 is 5.82 Å². The fraction of sp³-hybridized carbons (Fsp3) is 0.235. The molecule has 0 saturated heterocycles. The molecule has 0 spiro atoms. The highest BCUT2D eigenvalue weighted by Crippen LogP contribution is 2.18. The Morgan fingerprint density at radius 3 is 2.52 bits per heavy atom. The van der Waals surface area contributed by atoms with Crippen LogP contribution in [0.15, 0.2) is 41.4 Å². The van der Waals surface area contributed by atoms with E-state index in [-0.39, 0.29) is 29.7 Å². The highest BCUT2D eigenvalue weighted by Gasteiger charge is 2.03. The second-order valence-corrected chi connectivity index (χ2v) is 5.09. The number of nitrogens with one attached hydrogen (secondary N) is 1. The maximum Gasteiger partial charge on any atom is 0.193 e. The van der Waals surface area contributed by atoms with Gasteiger partial charge < -0.3 is 15.8 Å². The van der Waals surface area contributed by atoms with Crippen LogP contribution in [-0.2, 0) is 6.54 Å². The summed E-state index contributed by atoms with van der Waals surface area (Å²) in [5.74, 6) is 0.101. The van der Waals surface area contributed by atoms with E-state index in [1.54, 1.807) is 12.1 Å². The predicted octanol–water partition coefficient (Wildman–Crippen LogP) is 4.00. The third-order valence-corrected chi connectivity index (χ3v) is 3.43. The monoisotopic (exact) mass is 429 g/mol. The van der Waals surface area contributed by atoms with E-state index in [9.17, 15) is 4.39 Å². The number of nitrogens with two attached hydrogens (primary N) is 1. The number of ether oxygens (including phenoxy) is 1. The first-order valence-corrected chi connectivity index (χ1v) is 6.96. The Labute approximate surface area is 153 Å². The van der Waals surface area contributed by atoms with Crippen LogP contribution >= 0.6 is 24.0 Å². The lowest BCUT2D eigenvalue weighted by Gasteiger charge is -2.08. The van der Waals surface area contributed by atoms with Crippen molar-refractivity contribution in [2.24, 2.45) is 10.7 Å². The van der Waals surface area contributed by atoms with Crippen LogP contribution in [0.2, 0.25) is 0 Å². The minimum absolute atomic E-state index is 0. The number of aliphatic imine (C=N–C) groups is 1. The first-order valence-electron chi connectivity index (χ1n) is 6.96. The minimum Gasteiger partial charge on any atom is -0.494 e. The molecule has 2 rings (SSSR count). The van der Waals surface area contributed by atoms with Crippen LogP contribution in [0.25, 0.3) is 0 Å². The molecule has 4 nitrogen and oxygen atoms in total. The second-order valence-electron chi connectivity index (χ2n) is 5.09. The number of halogens is 2. The number of hydrogen-bond donors (Lipinski definition) is 2. The molecule has 0 unspecified atom stereocenters. The lowest BCUT2D eigenvalue weighted by Crippen LogP contribution is -2.22. The Hall–Kier alpha value is -1.83. The summed E-state index contributed by atoms with van der Waals surface area (Å²) in [5, 5.41) is 3.03. The van der Waals surface area contributed by atoms with Crippen molar-refractivity contribution in [3.63, 3.8) is 0 Å². The van der Waals surface area contributed by atoms with Crippen LogP contribution in [0, 0.1) is 19.7 Å². The Kier molecular flexibility index (Phi) is 7.28. The Balaban J connectivity index is 0.00000264. The quantitative estimate of drug-likeness (QED) is 0.439. The van der Waals surface area contributed by atoms with E-state index in [0.29, 0.717) is 12.5 Å². The minimum atomic E-state index is -0.407. The number of hydrogen-bond acceptors (Lipinski definition) is 2. The molecule has 3 N–H and O–H groups in total. The molecule has 0 atom stereocenters. The van der Waals surface area contributed by atoms with Gasteiger partial charge in [0.05, 0.1) is 13.7 Å². The molecule has 0 fully saturated rings. The van der Waals surface area contributed by atoms with E-state index in [1.807, 2.05) is 25.1 Å². The molecule has 0 aromatic heterocycles. The number of aryl methyl sites for hydroxylation is 2. The average Bonchev–Trinajstić information content (AvgIpc) is 2.49. The van der Waals surface area contributed by atoms with Gasteiger partial charge >= 0.3 is 0 Å². The first-order chi connectivity index (χ1) is 10.5. The van der Waals surface area contributed by atoms with E-state index in [0.717, 1.165) is 11.3 Å². The molecule has 124 valence electrons. The van der Waals surface area contributed by atoms with E-state index in [2.05, 4.69) is 17.2 Å². The van der Waals surface area contributed by atoms with Gasteiger partial charge in [0.15, 0.2) is 17.5 Å². The third kappa shape index (κ3) is 5.38. The standard InChI is InChI=1S/C17H20FN3O.HI/c1-11-4-6-14(8-12(11)2)21-17(19)20-10-13-5-7-16(22-3)15(18)9-13;/h4-9H,10H2,1-3H3,(H3,19,20,21);1H. The largest absolute Gasteiger partial charge is 0.494 e. The van der Waals surface area contributed by atoms with Crippen LogP contribution in [0.5, 0.6) is 5.75 Å². The molecule has 0 saturated carbocycles. The SMILES string of the molecule is COc1ccc(CN=C(N)Nc2ccc(C)c(C)c2)cc1F.I. The van der Waals surface area contributed by atoms with Crippen LogP contribution in [-0.4, -0.2) is 13.1 Å².